The lowest BCUT2D eigenvalue weighted by atomic mass is 10.3. The Hall–Kier alpha value is -2.41. The number of thioether (sulfide) groups is 1. The smallest absolute Gasteiger partial charge is 0.253 e. The monoisotopic (exact) mass is 327 g/mol. The van der Waals surface area contributed by atoms with Gasteiger partial charge in [-0.1, -0.05) is 30.0 Å². The van der Waals surface area contributed by atoms with E-state index in [-0.39, 0.29) is 11.2 Å². The molecule has 3 aromatic rings. The number of aromatic nitrogens is 4. The molecule has 0 bridgehead atoms. The maximum atomic E-state index is 12.2. The predicted octanol–water partition coefficient (Wildman–Crippen LogP) is 2.86. The van der Waals surface area contributed by atoms with Gasteiger partial charge in [-0.3, -0.25) is 4.79 Å². The highest BCUT2D eigenvalue weighted by Crippen LogP contribution is 2.22. The minimum absolute atomic E-state index is 0.0825. The molecule has 3 rings (SSSR count). The lowest BCUT2D eigenvalue weighted by molar-refractivity contribution is -0.115. The van der Waals surface area contributed by atoms with Crippen molar-refractivity contribution in [2.24, 2.45) is 0 Å². The number of rotatable bonds is 4. The van der Waals surface area contributed by atoms with Gasteiger partial charge in [0.05, 0.1) is 5.25 Å². The van der Waals surface area contributed by atoms with Crippen LogP contribution in [0.1, 0.15) is 18.3 Å². The Labute approximate surface area is 138 Å². The van der Waals surface area contributed by atoms with E-state index in [1.165, 1.54) is 11.8 Å². The van der Waals surface area contributed by atoms with E-state index in [4.69, 9.17) is 0 Å². The van der Waals surface area contributed by atoms with Crippen LogP contribution >= 0.6 is 11.8 Å². The van der Waals surface area contributed by atoms with Crippen molar-refractivity contribution < 1.29 is 4.79 Å². The van der Waals surface area contributed by atoms with Crippen LogP contribution in [0.5, 0.6) is 0 Å². The van der Waals surface area contributed by atoms with Crippen molar-refractivity contribution in [1.29, 1.82) is 0 Å². The molecule has 0 radical (unpaired) electrons. The van der Waals surface area contributed by atoms with Crippen molar-refractivity contribution in [3.63, 3.8) is 0 Å². The molecule has 0 fully saturated rings. The fraction of sp³-hybridized carbons (Fsp3) is 0.250. The summed E-state index contributed by atoms with van der Waals surface area (Å²) in [6, 6.07) is 11.3. The Morgan fingerprint density at radius 2 is 1.96 bits per heavy atom. The highest BCUT2D eigenvalue weighted by molar-refractivity contribution is 8.00. The molecule has 2 heterocycles. The van der Waals surface area contributed by atoms with Gasteiger partial charge in [0.1, 0.15) is 0 Å². The van der Waals surface area contributed by atoms with Crippen LogP contribution in [-0.4, -0.2) is 30.7 Å². The molecule has 0 saturated carbocycles. The number of nitrogens with one attached hydrogen (secondary N) is 1. The minimum atomic E-state index is -0.311. The van der Waals surface area contributed by atoms with Crippen molar-refractivity contribution in [2.75, 3.05) is 5.32 Å². The number of amides is 1. The first kappa shape index (κ1) is 15.5. The van der Waals surface area contributed by atoms with Crippen LogP contribution in [0.3, 0.4) is 0 Å². The number of nitrogens with zero attached hydrogens (tertiary/aromatic N) is 4. The van der Waals surface area contributed by atoms with Crippen LogP contribution in [0.2, 0.25) is 0 Å². The van der Waals surface area contributed by atoms with Gasteiger partial charge < -0.3 is 5.32 Å². The second-order valence-corrected chi connectivity index (χ2v) is 6.57. The van der Waals surface area contributed by atoms with Crippen LogP contribution in [0.25, 0.3) is 5.78 Å². The maximum absolute atomic E-state index is 12.2. The molecule has 0 aliphatic rings. The Balaban J connectivity index is 1.73. The third-order valence-electron chi connectivity index (χ3n) is 3.29. The van der Waals surface area contributed by atoms with Crippen LogP contribution in [0, 0.1) is 13.8 Å². The van der Waals surface area contributed by atoms with Gasteiger partial charge in [0.25, 0.3) is 5.78 Å². The first-order chi connectivity index (χ1) is 11.0. The van der Waals surface area contributed by atoms with Crippen molar-refractivity contribution in [1.82, 2.24) is 19.6 Å². The third-order valence-corrected chi connectivity index (χ3v) is 4.24. The standard InChI is InChI=1S/C16H17N5OS/c1-10-9-11(2)21-15(17-10)19-16(20-21)23-12(3)14(22)18-13-7-5-4-6-8-13/h4-9,12H,1-3H3,(H,18,22)/t12-/m1/s1. The Bertz CT molecular complexity index is 846. The van der Waals surface area contributed by atoms with Crippen LogP contribution in [0.4, 0.5) is 5.69 Å². The van der Waals surface area contributed by atoms with Crippen molar-refractivity contribution in [2.45, 2.75) is 31.2 Å². The molecule has 1 aromatic carbocycles. The molecule has 1 N–H and O–H groups in total. The molecule has 0 spiro atoms. The average molecular weight is 327 g/mol. The molecule has 0 unspecified atom stereocenters. The van der Waals surface area contributed by atoms with E-state index in [0.29, 0.717) is 10.9 Å². The molecular formula is C16H17N5OS. The van der Waals surface area contributed by atoms with Gasteiger partial charge in [0, 0.05) is 17.1 Å². The third kappa shape index (κ3) is 3.50. The van der Waals surface area contributed by atoms with Crippen molar-refractivity contribution >= 4 is 29.1 Å². The van der Waals surface area contributed by atoms with Gasteiger partial charge in [-0.2, -0.15) is 4.98 Å². The van der Waals surface area contributed by atoms with Crippen LogP contribution in [-0.2, 0) is 4.79 Å². The van der Waals surface area contributed by atoms with Crippen LogP contribution in [0.15, 0.2) is 41.6 Å². The number of benzene rings is 1. The zero-order valence-electron chi connectivity index (χ0n) is 13.1. The lowest BCUT2D eigenvalue weighted by Gasteiger charge is -2.09. The topological polar surface area (TPSA) is 72.2 Å². The summed E-state index contributed by atoms with van der Waals surface area (Å²) in [5, 5.41) is 7.52. The molecule has 0 aliphatic carbocycles. The number of para-hydroxylation sites is 1. The first-order valence-electron chi connectivity index (χ1n) is 7.26. The fourth-order valence-electron chi connectivity index (χ4n) is 2.17. The number of anilines is 1. The first-order valence-corrected chi connectivity index (χ1v) is 8.14. The Morgan fingerprint density at radius 1 is 1.22 bits per heavy atom. The highest BCUT2D eigenvalue weighted by Gasteiger charge is 2.18. The van der Waals surface area contributed by atoms with Crippen molar-refractivity contribution in [3.05, 3.63) is 47.8 Å². The van der Waals surface area contributed by atoms with Gasteiger partial charge in [-0.05, 0) is 39.0 Å². The summed E-state index contributed by atoms with van der Waals surface area (Å²) < 4.78 is 1.69. The SMILES string of the molecule is Cc1cc(C)n2nc(S[C@H](C)C(=O)Nc3ccccc3)nc2n1. The molecule has 1 amide bonds. The number of carbonyl (C=O) groups is 1. The molecule has 7 heteroatoms. The largest absolute Gasteiger partial charge is 0.325 e. The van der Waals surface area contributed by atoms with E-state index in [1.54, 1.807) is 4.52 Å². The van der Waals surface area contributed by atoms with Crippen LogP contribution < -0.4 is 5.32 Å². The summed E-state index contributed by atoms with van der Waals surface area (Å²) in [4.78, 5) is 21.0. The van der Waals surface area contributed by atoms with E-state index in [0.717, 1.165) is 17.1 Å². The summed E-state index contributed by atoms with van der Waals surface area (Å²) in [7, 11) is 0. The lowest BCUT2D eigenvalue weighted by Crippen LogP contribution is -2.22. The quantitative estimate of drug-likeness (QED) is 0.746. The highest BCUT2D eigenvalue weighted by atomic mass is 32.2. The number of aryl methyl sites for hydroxylation is 2. The van der Waals surface area contributed by atoms with Gasteiger partial charge in [-0.25, -0.2) is 9.50 Å². The molecule has 2 aromatic heterocycles. The summed E-state index contributed by atoms with van der Waals surface area (Å²) in [6.45, 7) is 5.71. The molecule has 118 valence electrons. The second-order valence-electron chi connectivity index (χ2n) is 5.26. The van der Waals surface area contributed by atoms with E-state index in [1.807, 2.05) is 57.2 Å². The molecular weight excluding hydrogens is 310 g/mol. The van der Waals surface area contributed by atoms with Gasteiger partial charge in [0.2, 0.25) is 11.1 Å². The number of hydrogen-bond donors (Lipinski definition) is 1. The minimum Gasteiger partial charge on any atom is -0.325 e. The molecule has 1 atom stereocenters. The zero-order chi connectivity index (χ0) is 16.4. The molecule has 6 nitrogen and oxygen atoms in total. The maximum Gasteiger partial charge on any atom is 0.253 e. The Morgan fingerprint density at radius 3 is 2.70 bits per heavy atom. The van der Waals surface area contributed by atoms with Gasteiger partial charge >= 0.3 is 0 Å². The summed E-state index contributed by atoms with van der Waals surface area (Å²) in [5.74, 6) is 0.474. The van der Waals surface area contributed by atoms with Crippen molar-refractivity contribution in [3.8, 4) is 0 Å². The second kappa shape index (κ2) is 6.37. The van der Waals surface area contributed by atoms with Gasteiger partial charge in [0.15, 0.2) is 0 Å². The average Bonchev–Trinajstić information content (AvgIpc) is 2.91. The molecule has 0 saturated heterocycles. The summed E-state index contributed by atoms with van der Waals surface area (Å²) in [6.07, 6.45) is 0. The predicted molar refractivity (Wildman–Crippen MR) is 90.6 cm³/mol. The summed E-state index contributed by atoms with van der Waals surface area (Å²) >= 11 is 1.32. The molecule has 23 heavy (non-hydrogen) atoms. The number of fused-ring (bicyclic) bond motifs is 1. The summed E-state index contributed by atoms with van der Waals surface area (Å²) in [5.41, 5.74) is 2.64. The van der Waals surface area contributed by atoms with E-state index in [2.05, 4.69) is 20.4 Å². The fourth-order valence-corrected chi connectivity index (χ4v) is 2.92. The Kier molecular flexibility index (Phi) is 4.29. The number of carbonyl (C=O) groups excluding carboxylic acids is 1. The van der Waals surface area contributed by atoms with E-state index >= 15 is 0 Å². The normalized spacial score (nSPS) is 12.3. The van der Waals surface area contributed by atoms with Gasteiger partial charge in [-0.15, -0.1) is 5.10 Å². The molecule has 0 aliphatic heterocycles. The van der Waals surface area contributed by atoms with E-state index < -0.39 is 0 Å². The zero-order valence-corrected chi connectivity index (χ0v) is 14.0. The van der Waals surface area contributed by atoms with E-state index in [9.17, 15) is 4.79 Å². The number of hydrogen-bond acceptors (Lipinski definition) is 5.